The summed E-state index contributed by atoms with van der Waals surface area (Å²) in [6, 6.07) is 23.2. The molecule has 4 aromatic rings. The molecule has 0 N–H and O–H groups in total. The standard InChI is InChI=1S/C31H24O4/c1-34-28-12-10-18-14-20(28)6-5-7-21-15-19(11-13-29(21)35-2)25-17-27-26(16-24(18)25)30(32)22-8-3-4-9-23(22)31(27)33/h3-4,8-17H,5-7H2,1-2H3. The molecule has 0 heterocycles. The molecule has 4 bridgehead atoms. The van der Waals surface area contributed by atoms with Gasteiger partial charge in [-0.15, -0.1) is 0 Å². The first-order valence-corrected chi connectivity index (χ1v) is 11.8. The summed E-state index contributed by atoms with van der Waals surface area (Å²) < 4.78 is 11.3. The lowest BCUT2D eigenvalue weighted by molar-refractivity contribution is 0.0979. The van der Waals surface area contributed by atoms with Crippen molar-refractivity contribution in [3.05, 3.63) is 106 Å². The van der Waals surface area contributed by atoms with Gasteiger partial charge in [0.25, 0.3) is 0 Å². The van der Waals surface area contributed by atoms with E-state index in [1.54, 1.807) is 38.5 Å². The number of carbonyl (C=O) groups excluding carboxylic acids is 2. The molecule has 0 spiro atoms. The average molecular weight is 461 g/mol. The van der Waals surface area contributed by atoms with Gasteiger partial charge in [-0.2, -0.15) is 0 Å². The van der Waals surface area contributed by atoms with E-state index in [4.69, 9.17) is 9.47 Å². The molecule has 35 heavy (non-hydrogen) atoms. The molecule has 0 aliphatic heterocycles. The Labute approximate surface area is 204 Å². The van der Waals surface area contributed by atoms with E-state index >= 15 is 0 Å². The lowest BCUT2D eigenvalue weighted by Crippen LogP contribution is -2.21. The zero-order chi connectivity index (χ0) is 24.1. The van der Waals surface area contributed by atoms with E-state index in [0.717, 1.165) is 64.1 Å². The largest absolute Gasteiger partial charge is 0.496 e. The third-order valence-corrected chi connectivity index (χ3v) is 7.14. The lowest BCUT2D eigenvalue weighted by atomic mass is 9.80. The highest BCUT2D eigenvalue weighted by Gasteiger charge is 2.31. The van der Waals surface area contributed by atoms with Crippen molar-refractivity contribution in [3.8, 4) is 33.8 Å². The predicted octanol–water partition coefficient (Wildman–Crippen LogP) is 6.30. The predicted molar refractivity (Wildman–Crippen MR) is 136 cm³/mol. The maximum absolute atomic E-state index is 13.5. The molecule has 0 saturated heterocycles. The second kappa shape index (κ2) is 8.24. The Morgan fingerprint density at radius 2 is 1.00 bits per heavy atom. The molecular formula is C31H24O4. The van der Waals surface area contributed by atoms with Crippen molar-refractivity contribution in [1.29, 1.82) is 0 Å². The van der Waals surface area contributed by atoms with Crippen molar-refractivity contribution in [2.24, 2.45) is 0 Å². The van der Waals surface area contributed by atoms with E-state index < -0.39 is 0 Å². The van der Waals surface area contributed by atoms with Crippen molar-refractivity contribution < 1.29 is 19.1 Å². The van der Waals surface area contributed by atoms with Crippen LogP contribution in [-0.2, 0) is 12.8 Å². The van der Waals surface area contributed by atoms with Gasteiger partial charge < -0.3 is 9.47 Å². The Kier molecular flexibility index (Phi) is 5.03. The Morgan fingerprint density at radius 1 is 0.543 bits per heavy atom. The molecule has 0 radical (unpaired) electrons. The molecule has 2 aliphatic rings. The first kappa shape index (κ1) is 21.4. The van der Waals surface area contributed by atoms with Gasteiger partial charge in [-0.1, -0.05) is 36.4 Å². The fourth-order valence-corrected chi connectivity index (χ4v) is 5.37. The number of carbonyl (C=O) groups is 2. The van der Waals surface area contributed by atoms with Crippen LogP contribution in [0.5, 0.6) is 11.5 Å². The van der Waals surface area contributed by atoms with Crippen LogP contribution in [0.3, 0.4) is 0 Å². The molecule has 4 nitrogen and oxygen atoms in total. The van der Waals surface area contributed by atoms with Crippen LogP contribution in [0.2, 0.25) is 0 Å². The number of hydrogen-bond donors (Lipinski definition) is 0. The fourth-order valence-electron chi connectivity index (χ4n) is 5.37. The molecule has 0 atom stereocenters. The lowest BCUT2D eigenvalue weighted by Gasteiger charge is -2.21. The first-order chi connectivity index (χ1) is 17.1. The maximum atomic E-state index is 13.5. The summed E-state index contributed by atoms with van der Waals surface area (Å²) >= 11 is 0. The third-order valence-electron chi connectivity index (χ3n) is 7.14. The highest BCUT2D eigenvalue weighted by molar-refractivity contribution is 6.29. The van der Waals surface area contributed by atoms with Crippen LogP contribution >= 0.6 is 0 Å². The summed E-state index contributed by atoms with van der Waals surface area (Å²) in [6.07, 6.45) is 2.66. The number of ether oxygens (including phenoxy) is 2. The van der Waals surface area contributed by atoms with Crippen LogP contribution in [0.15, 0.2) is 72.8 Å². The third kappa shape index (κ3) is 3.36. The van der Waals surface area contributed by atoms with Gasteiger partial charge in [0.2, 0.25) is 0 Å². The summed E-state index contributed by atoms with van der Waals surface area (Å²) in [5, 5.41) is 0. The van der Waals surface area contributed by atoms with E-state index in [0.29, 0.717) is 22.3 Å². The first-order valence-electron chi connectivity index (χ1n) is 11.8. The Morgan fingerprint density at radius 3 is 1.43 bits per heavy atom. The SMILES string of the molecule is COc1ccc2cc1CCCc1cc(ccc1OC)-c1cc3c(cc1-2)C(=O)c1ccccc1C3=O. The molecule has 0 saturated carbocycles. The van der Waals surface area contributed by atoms with Crippen LogP contribution in [0.25, 0.3) is 22.3 Å². The molecule has 2 aliphatic carbocycles. The quantitative estimate of drug-likeness (QED) is 0.310. The van der Waals surface area contributed by atoms with Gasteiger partial charge in [0.15, 0.2) is 11.6 Å². The van der Waals surface area contributed by atoms with Gasteiger partial charge in [0, 0.05) is 22.3 Å². The zero-order valence-electron chi connectivity index (χ0n) is 19.7. The number of hydrogen-bond acceptors (Lipinski definition) is 4. The smallest absolute Gasteiger partial charge is 0.194 e. The Hall–Kier alpha value is -4.18. The van der Waals surface area contributed by atoms with Gasteiger partial charge in [-0.25, -0.2) is 0 Å². The highest BCUT2D eigenvalue weighted by atomic mass is 16.5. The van der Waals surface area contributed by atoms with Gasteiger partial charge in [-0.3, -0.25) is 9.59 Å². The van der Waals surface area contributed by atoms with E-state index in [-0.39, 0.29) is 11.6 Å². The molecule has 6 rings (SSSR count). The zero-order valence-corrected chi connectivity index (χ0v) is 19.7. The molecule has 4 heteroatoms. The van der Waals surface area contributed by atoms with Gasteiger partial charge >= 0.3 is 0 Å². The van der Waals surface area contributed by atoms with Crippen molar-refractivity contribution >= 4 is 11.6 Å². The summed E-state index contributed by atoms with van der Waals surface area (Å²) in [4.78, 5) is 26.9. The van der Waals surface area contributed by atoms with Crippen LogP contribution in [-0.4, -0.2) is 25.8 Å². The second-order valence-electron chi connectivity index (χ2n) is 9.05. The minimum Gasteiger partial charge on any atom is -0.496 e. The molecule has 0 unspecified atom stereocenters. The summed E-state index contributed by atoms with van der Waals surface area (Å²) in [7, 11) is 3.38. The van der Waals surface area contributed by atoms with Crippen LogP contribution in [0, 0.1) is 0 Å². The number of fused-ring (bicyclic) bond motifs is 9. The van der Waals surface area contributed by atoms with E-state index in [1.807, 2.05) is 36.4 Å². The molecule has 172 valence electrons. The van der Waals surface area contributed by atoms with E-state index in [1.165, 1.54) is 0 Å². The second-order valence-corrected chi connectivity index (χ2v) is 9.05. The summed E-state index contributed by atoms with van der Waals surface area (Å²) in [6.45, 7) is 0. The number of benzene rings is 4. The van der Waals surface area contributed by atoms with Gasteiger partial charge in [0.1, 0.15) is 11.5 Å². The Balaban J connectivity index is 1.66. The van der Waals surface area contributed by atoms with Crippen LogP contribution < -0.4 is 9.47 Å². The normalized spacial score (nSPS) is 13.8. The van der Waals surface area contributed by atoms with Gasteiger partial charge in [0.05, 0.1) is 14.2 Å². The minimum absolute atomic E-state index is 0.114. The molecular weight excluding hydrogens is 436 g/mol. The van der Waals surface area contributed by atoms with Crippen molar-refractivity contribution in [1.82, 2.24) is 0 Å². The van der Waals surface area contributed by atoms with Crippen LogP contribution in [0.1, 0.15) is 49.4 Å². The minimum atomic E-state index is -0.114. The molecule has 4 aromatic carbocycles. The van der Waals surface area contributed by atoms with E-state index in [2.05, 4.69) is 12.1 Å². The maximum Gasteiger partial charge on any atom is 0.194 e. The van der Waals surface area contributed by atoms with Crippen LogP contribution in [0.4, 0.5) is 0 Å². The van der Waals surface area contributed by atoms with Gasteiger partial charge in [-0.05, 0) is 89.0 Å². The number of methoxy groups -OCH3 is 2. The molecule has 0 amide bonds. The molecule has 0 fully saturated rings. The molecule has 0 aromatic heterocycles. The van der Waals surface area contributed by atoms with Crippen molar-refractivity contribution in [3.63, 3.8) is 0 Å². The summed E-state index contributed by atoms with van der Waals surface area (Å²) in [5.74, 6) is 1.48. The van der Waals surface area contributed by atoms with Crippen molar-refractivity contribution in [2.45, 2.75) is 19.3 Å². The fraction of sp³-hybridized carbons (Fsp3) is 0.161. The number of aryl methyl sites for hydroxylation is 2. The van der Waals surface area contributed by atoms with E-state index in [9.17, 15) is 9.59 Å². The number of rotatable bonds is 2. The average Bonchev–Trinajstić information content (AvgIpc) is 2.92. The topological polar surface area (TPSA) is 52.6 Å². The number of ketones is 2. The Bertz CT molecular complexity index is 1420. The summed E-state index contributed by atoms with van der Waals surface area (Å²) in [5.41, 5.74) is 7.91. The highest BCUT2D eigenvalue weighted by Crippen LogP contribution is 2.41. The van der Waals surface area contributed by atoms with Crippen molar-refractivity contribution in [2.75, 3.05) is 14.2 Å². The monoisotopic (exact) mass is 460 g/mol.